The first-order chi connectivity index (χ1) is 9.52. The largest absolute Gasteiger partial charge is 0.484 e. The zero-order valence-electron chi connectivity index (χ0n) is 11.5. The number of hydrogen-bond donors (Lipinski definition) is 2. The summed E-state index contributed by atoms with van der Waals surface area (Å²) in [6.45, 7) is 2.05. The third-order valence-corrected chi connectivity index (χ3v) is 3.78. The van der Waals surface area contributed by atoms with Crippen LogP contribution >= 0.6 is 0 Å². The standard InChI is InChI=1S/C15H19NO4/c1-11-3-5-12(6-4-11)20-9-13(17)16-10-15(14(18)19)7-2-8-15/h3-6H,2,7-10H2,1H3,(H,16,17)(H,18,19). The SMILES string of the molecule is Cc1ccc(OCC(=O)NCC2(C(=O)O)CCC2)cc1. The van der Waals surface area contributed by atoms with E-state index in [0.717, 1.165) is 12.0 Å². The minimum Gasteiger partial charge on any atom is -0.484 e. The quantitative estimate of drug-likeness (QED) is 0.830. The number of carboxylic acids is 1. The lowest BCUT2D eigenvalue weighted by atomic mass is 9.69. The van der Waals surface area contributed by atoms with Crippen LogP contribution in [0.1, 0.15) is 24.8 Å². The van der Waals surface area contributed by atoms with Crippen LogP contribution in [-0.4, -0.2) is 30.1 Å². The van der Waals surface area contributed by atoms with Crippen molar-refractivity contribution >= 4 is 11.9 Å². The Kier molecular flexibility index (Phi) is 4.27. The van der Waals surface area contributed by atoms with E-state index in [4.69, 9.17) is 9.84 Å². The van der Waals surface area contributed by atoms with E-state index in [-0.39, 0.29) is 19.1 Å². The molecule has 1 amide bonds. The molecular weight excluding hydrogens is 258 g/mol. The van der Waals surface area contributed by atoms with Crippen molar-refractivity contribution in [1.82, 2.24) is 5.32 Å². The zero-order chi connectivity index (χ0) is 14.6. The summed E-state index contributed by atoms with van der Waals surface area (Å²) in [5.41, 5.74) is 0.356. The predicted octanol–water partition coefficient (Wildman–Crippen LogP) is 1.74. The third kappa shape index (κ3) is 3.29. The van der Waals surface area contributed by atoms with Crippen LogP contribution in [0.25, 0.3) is 0 Å². The maximum Gasteiger partial charge on any atom is 0.311 e. The van der Waals surface area contributed by atoms with Gasteiger partial charge in [-0.2, -0.15) is 0 Å². The van der Waals surface area contributed by atoms with Crippen molar-refractivity contribution in [2.24, 2.45) is 5.41 Å². The second-order valence-corrected chi connectivity index (χ2v) is 5.32. The molecule has 0 unspecified atom stereocenters. The molecule has 1 saturated carbocycles. The van der Waals surface area contributed by atoms with Gasteiger partial charge in [-0.1, -0.05) is 24.1 Å². The summed E-state index contributed by atoms with van der Waals surface area (Å²) in [7, 11) is 0. The topological polar surface area (TPSA) is 75.6 Å². The highest BCUT2D eigenvalue weighted by Gasteiger charge is 2.44. The smallest absolute Gasteiger partial charge is 0.311 e. The van der Waals surface area contributed by atoms with Gasteiger partial charge in [0.2, 0.25) is 0 Å². The van der Waals surface area contributed by atoms with Crippen LogP contribution < -0.4 is 10.1 Å². The number of benzene rings is 1. The molecule has 0 heterocycles. The molecule has 1 aromatic carbocycles. The number of nitrogens with one attached hydrogen (secondary N) is 1. The van der Waals surface area contributed by atoms with Crippen LogP contribution in [0, 0.1) is 12.3 Å². The van der Waals surface area contributed by atoms with E-state index in [0.29, 0.717) is 18.6 Å². The Labute approximate surface area is 117 Å². The highest BCUT2D eigenvalue weighted by molar-refractivity contribution is 5.80. The Morgan fingerprint density at radius 2 is 1.95 bits per heavy atom. The van der Waals surface area contributed by atoms with Gasteiger partial charge >= 0.3 is 5.97 Å². The molecule has 5 nitrogen and oxygen atoms in total. The van der Waals surface area contributed by atoms with Crippen molar-refractivity contribution in [3.63, 3.8) is 0 Å². The van der Waals surface area contributed by atoms with Crippen LogP contribution in [0.4, 0.5) is 0 Å². The molecule has 1 aliphatic carbocycles. The van der Waals surface area contributed by atoms with Gasteiger partial charge in [-0.05, 0) is 31.9 Å². The van der Waals surface area contributed by atoms with E-state index in [1.165, 1.54) is 0 Å². The molecule has 0 radical (unpaired) electrons. The van der Waals surface area contributed by atoms with Crippen LogP contribution in [-0.2, 0) is 9.59 Å². The molecule has 0 aliphatic heterocycles. The van der Waals surface area contributed by atoms with Crippen LogP contribution in [0.15, 0.2) is 24.3 Å². The normalized spacial score (nSPS) is 16.1. The first-order valence-corrected chi connectivity index (χ1v) is 6.71. The van der Waals surface area contributed by atoms with Crippen LogP contribution in [0.5, 0.6) is 5.75 Å². The molecule has 2 rings (SSSR count). The lowest BCUT2D eigenvalue weighted by Crippen LogP contribution is -2.48. The number of rotatable bonds is 6. The fourth-order valence-electron chi connectivity index (χ4n) is 2.17. The van der Waals surface area contributed by atoms with E-state index < -0.39 is 11.4 Å². The summed E-state index contributed by atoms with van der Waals surface area (Å²) < 4.78 is 5.34. The second-order valence-electron chi connectivity index (χ2n) is 5.32. The molecule has 0 aromatic heterocycles. The summed E-state index contributed by atoms with van der Waals surface area (Å²) in [4.78, 5) is 22.8. The van der Waals surface area contributed by atoms with E-state index in [2.05, 4.69) is 5.32 Å². The molecule has 5 heteroatoms. The van der Waals surface area contributed by atoms with E-state index in [9.17, 15) is 9.59 Å². The Morgan fingerprint density at radius 1 is 1.30 bits per heavy atom. The highest BCUT2D eigenvalue weighted by atomic mass is 16.5. The third-order valence-electron chi connectivity index (χ3n) is 3.78. The van der Waals surface area contributed by atoms with Crippen molar-refractivity contribution in [2.45, 2.75) is 26.2 Å². The van der Waals surface area contributed by atoms with Gasteiger partial charge in [0, 0.05) is 6.54 Å². The lowest BCUT2D eigenvalue weighted by Gasteiger charge is -2.37. The zero-order valence-corrected chi connectivity index (χ0v) is 11.5. The van der Waals surface area contributed by atoms with Gasteiger partial charge in [-0.25, -0.2) is 0 Å². The molecule has 1 fully saturated rings. The molecule has 1 aliphatic rings. The Hall–Kier alpha value is -2.04. The number of carbonyl (C=O) groups excluding carboxylic acids is 1. The van der Waals surface area contributed by atoms with Gasteiger partial charge in [-0.3, -0.25) is 9.59 Å². The summed E-state index contributed by atoms with van der Waals surface area (Å²) in [6.07, 6.45) is 2.16. The molecule has 0 saturated heterocycles. The Morgan fingerprint density at radius 3 is 2.45 bits per heavy atom. The predicted molar refractivity (Wildman–Crippen MR) is 73.6 cm³/mol. The second kappa shape index (κ2) is 5.94. The van der Waals surface area contributed by atoms with Gasteiger partial charge < -0.3 is 15.2 Å². The fraction of sp³-hybridized carbons (Fsp3) is 0.467. The maximum absolute atomic E-state index is 11.7. The molecule has 1 aromatic rings. The first-order valence-electron chi connectivity index (χ1n) is 6.71. The molecule has 0 atom stereocenters. The Balaban J connectivity index is 1.75. The number of hydrogen-bond acceptors (Lipinski definition) is 3. The molecule has 2 N–H and O–H groups in total. The van der Waals surface area contributed by atoms with Gasteiger partial charge in [-0.15, -0.1) is 0 Å². The molecular formula is C15H19NO4. The first kappa shape index (κ1) is 14.4. The number of carbonyl (C=O) groups is 2. The van der Waals surface area contributed by atoms with Crippen molar-refractivity contribution in [3.8, 4) is 5.75 Å². The van der Waals surface area contributed by atoms with Gasteiger partial charge in [0.25, 0.3) is 5.91 Å². The molecule has 20 heavy (non-hydrogen) atoms. The number of carboxylic acid groups (broad SMARTS) is 1. The van der Waals surface area contributed by atoms with Gasteiger partial charge in [0.05, 0.1) is 5.41 Å². The summed E-state index contributed by atoms with van der Waals surface area (Å²) in [6, 6.07) is 7.41. The monoisotopic (exact) mass is 277 g/mol. The van der Waals surface area contributed by atoms with Crippen molar-refractivity contribution in [3.05, 3.63) is 29.8 Å². The number of aryl methyl sites for hydroxylation is 1. The van der Waals surface area contributed by atoms with Crippen molar-refractivity contribution in [1.29, 1.82) is 0 Å². The van der Waals surface area contributed by atoms with E-state index in [1.54, 1.807) is 12.1 Å². The summed E-state index contributed by atoms with van der Waals surface area (Å²) in [5, 5.41) is 11.8. The summed E-state index contributed by atoms with van der Waals surface area (Å²) >= 11 is 0. The molecule has 0 bridgehead atoms. The van der Waals surface area contributed by atoms with Crippen molar-refractivity contribution < 1.29 is 19.4 Å². The van der Waals surface area contributed by atoms with Crippen LogP contribution in [0.2, 0.25) is 0 Å². The minimum atomic E-state index is -0.830. The number of ether oxygens (including phenoxy) is 1. The van der Waals surface area contributed by atoms with E-state index >= 15 is 0 Å². The number of aliphatic carboxylic acids is 1. The van der Waals surface area contributed by atoms with Crippen LogP contribution in [0.3, 0.4) is 0 Å². The average Bonchev–Trinajstić information content (AvgIpc) is 2.36. The maximum atomic E-state index is 11.7. The average molecular weight is 277 g/mol. The Bertz CT molecular complexity index is 491. The number of amides is 1. The van der Waals surface area contributed by atoms with Crippen molar-refractivity contribution in [2.75, 3.05) is 13.2 Å². The molecule has 108 valence electrons. The minimum absolute atomic E-state index is 0.0985. The van der Waals surface area contributed by atoms with Gasteiger partial charge in [0.1, 0.15) is 5.75 Å². The summed E-state index contributed by atoms with van der Waals surface area (Å²) in [5.74, 6) is -0.496. The highest BCUT2D eigenvalue weighted by Crippen LogP contribution is 2.40. The van der Waals surface area contributed by atoms with E-state index in [1.807, 2.05) is 19.1 Å². The molecule has 0 spiro atoms. The fourth-order valence-corrected chi connectivity index (χ4v) is 2.17. The lowest BCUT2D eigenvalue weighted by molar-refractivity contribution is -0.154. The van der Waals surface area contributed by atoms with Gasteiger partial charge in [0.15, 0.2) is 6.61 Å².